The van der Waals surface area contributed by atoms with Crippen LogP contribution in [0.4, 0.5) is 5.69 Å². The molecule has 0 aromatic heterocycles. The van der Waals surface area contributed by atoms with E-state index in [1.54, 1.807) is 24.1 Å². The minimum absolute atomic E-state index is 0.0884. The van der Waals surface area contributed by atoms with Crippen LogP contribution in [-0.4, -0.2) is 25.3 Å². The van der Waals surface area contributed by atoms with Gasteiger partial charge in [-0.25, -0.2) is 0 Å². The Hall–Kier alpha value is -2.33. The van der Waals surface area contributed by atoms with Crippen LogP contribution in [0.5, 0.6) is 0 Å². The van der Waals surface area contributed by atoms with Gasteiger partial charge < -0.3 is 9.74 Å². The first-order chi connectivity index (χ1) is 10.2. The molecule has 106 valence electrons. The Balaban J connectivity index is 2.21. The van der Waals surface area contributed by atoms with Gasteiger partial charge in [0.2, 0.25) is 0 Å². The molecule has 1 heterocycles. The Morgan fingerprint density at radius 2 is 1.95 bits per heavy atom. The van der Waals surface area contributed by atoms with Crippen LogP contribution in [0.1, 0.15) is 11.1 Å². The SMILES string of the molecule is CN1C(=O)CON=C(c2ccccc2)c2cc(Cl)ccc21. The number of benzene rings is 2. The monoisotopic (exact) mass is 300 g/mol. The number of fused-ring (bicyclic) bond motifs is 1. The van der Waals surface area contributed by atoms with Gasteiger partial charge >= 0.3 is 0 Å². The molecule has 2 aromatic carbocycles. The molecule has 1 amide bonds. The molecule has 0 unspecified atom stereocenters. The van der Waals surface area contributed by atoms with E-state index >= 15 is 0 Å². The van der Waals surface area contributed by atoms with Gasteiger partial charge in [0.05, 0.1) is 5.69 Å². The Bertz CT molecular complexity index is 713. The normalized spacial score (nSPS) is 14.7. The molecular formula is C16H13ClN2O2. The lowest BCUT2D eigenvalue weighted by molar-refractivity contribution is -0.122. The van der Waals surface area contributed by atoms with Crippen LogP contribution < -0.4 is 4.90 Å². The molecule has 21 heavy (non-hydrogen) atoms. The van der Waals surface area contributed by atoms with Crippen molar-refractivity contribution in [1.29, 1.82) is 0 Å². The quantitative estimate of drug-likeness (QED) is 0.812. The number of hydrogen-bond donors (Lipinski definition) is 0. The third kappa shape index (κ3) is 2.62. The standard InChI is InChI=1S/C16H13ClN2O2/c1-19-14-8-7-12(17)9-13(14)16(18-21-10-15(19)20)11-5-3-2-4-6-11/h2-9H,10H2,1H3. The largest absolute Gasteiger partial charge is 0.385 e. The average Bonchev–Trinajstić information content (AvgIpc) is 2.50. The molecule has 5 heteroatoms. The number of amides is 1. The molecule has 3 rings (SSSR count). The Kier molecular flexibility index (Phi) is 3.62. The summed E-state index contributed by atoms with van der Waals surface area (Å²) in [7, 11) is 1.71. The van der Waals surface area contributed by atoms with Crippen LogP contribution in [0, 0.1) is 0 Å². The summed E-state index contributed by atoms with van der Waals surface area (Å²) in [4.78, 5) is 18.7. The van der Waals surface area contributed by atoms with Gasteiger partial charge in [-0.15, -0.1) is 0 Å². The van der Waals surface area contributed by atoms with Crippen molar-refractivity contribution in [3.05, 3.63) is 64.7 Å². The van der Waals surface area contributed by atoms with E-state index in [0.717, 1.165) is 16.8 Å². The highest BCUT2D eigenvalue weighted by Gasteiger charge is 2.22. The number of oxime groups is 1. The summed E-state index contributed by atoms with van der Waals surface area (Å²) in [5.41, 5.74) is 3.09. The van der Waals surface area contributed by atoms with Crippen LogP contribution in [0.15, 0.2) is 53.7 Å². The minimum atomic E-state index is -0.158. The van der Waals surface area contributed by atoms with Crippen molar-refractivity contribution in [3.63, 3.8) is 0 Å². The number of carbonyl (C=O) groups excluding carboxylic acids is 1. The van der Waals surface area contributed by atoms with E-state index < -0.39 is 0 Å². The number of anilines is 1. The molecule has 0 saturated heterocycles. The van der Waals surface area contributed by atoms with Gasteiger partial charge in [0, 0.05) is 23.2 Å². The van der Waals surface area contributed by atoms with Gasteiger partial charge in [0.1, 0.15) is 5.71 Å². The zero-order chi connectivity index (χ0) is 14.8. The predicted molar refractivity (Wildman–Crippen MR) is 82.9 cm³/mol. The molecule has 0 bridgehead atoms. The second-order valence-electron chi connectivity index (χ2n) is 4.69. The molecule has 0 radical (unpaired) electrons. The number of rotatable bonds is 1. The highest BCUT2D eigenvalue weighted by atomic mass is 35.5. The van der Waals surface area contributed by atoms with Gasteiger partial charge in [-0.3, -0.25) is 4.79 Å². The maximum atomic E-state index is 12.0. The van der Waals surface area contributed by atoms with Crippen molar-refractivity contribution in [2.45, 2.75) is 0 Å². The average molecular weight is 301 g/mol. The van der Waals surface area contributed by atoms with Crippen LogP contribution in [0.3, 0.4) is 0 Å². The van der Waals surface area contributed by atoms with E-state index in [1.165, 1.54) is 0 Å². The van der Waals surface area contributed by atoms with Crippen LogP contribution in [-0.2, 0) is 9.63 Å². The van der Waals surface area contributed by atoms with Crippen molar-refractivity contribution < 1.29 is 9.63 Å². The van der Waals surface area contributed by atoms with Crippen LogP contribution >= 0.6 is 11.6 Å². The second kappa shape index (κ2) is 5.58. The number of hydrogen-bond acceptors (Lipinski definition) is 3. The first-order valence-corrected chi connectivity index (χ1v) is 6.86. The summed E-state index contributed by atoms with van der Waals surface area (Å²) >= 11 is 6.11. The van der Waals surface area contributed by atoms with Crippen LogP contribution in [0.25, 0.3) is 0 Å². The molecule has 0 spiro atoms. The first-order valence-electron chi connectivity index (χ1n) is 6.48. The van der Waals surface area contributed by atoms with E-state index in [4.69, 9.17) is 16.4 Å². The van der Waals surface area contributed by atoms with Gasteiger partial charge in [-0.05, 0) is 18.2 Å². The van der Waals surface area contributed by atoms with Gasteiger partial charge in [-0.1, -0.05) is 47.1 Å². The molecule has 0 saturated carbocycles. The molecule has 4 nitrogen and oxygen atoms in total. The summed E-state index contributed by atoms with van der Waals surface area (Å²) < 4.78 is 0. The lowest BCUT2D eigenvalue weighted by Crippen LogP contribution is -2.32. The first kappa shape index (κ1) is 13.6. The molecule has 0 N–H and O–H groups in total. The Labute approximate surface area is 127 Å². The van der Waals surface area contributed by atoms with Crippen molar-refractivity contribution >= 4 is 28.9 Å². The number of likely N-dealkylation sites (N-methyl/N-ethyl adjacent to an activating group) is 1. The van der Waals surface area contributed by atoms with Crippen molar-refractivity contribution in [1.82, 2.24) is 0 Å². The van der Waals surface area contributed by atoms with Crippen molar-refractivity contribution in [3.8, 4) is 0 Å². The van der Waals surface area contributed by atoms with E-state index in [0.29, 0.717) is 10.7 Å². The van der Waals surface area contributed by atoms with Crippen molar-refractivity contribution in [2.24, 2.45) is 5.16 Å². The molecular weight excluding hydrogens is 288 g/mol. The maximum absolute atomic E-state index is 12.0. The Morgan fingerprint density at radius 1 is 1.19 bits per heavy atom. The lowest BCUT2D eigenvalue weighted by atomic mass is 10.00. The van der Waals surface area contributed by atoms with E-state index in [1.807, 2.05) is 36.4 Å². The Morgan fingerprint density at radius 3 is 2.71 bits per heavy atom. The molecule has 0 atom stereocenters. The second-order valence-corrected chi connectivity index (χ2v) is 5.13. The van der Waals surface area contributed by atoms with Crippen LogP contribution in [0.2, 0.25) is 5.02 Å². The fourth-order valence-corrected chi connectivity index (χ4v) is 2.40. The number of halogens is 1. The summed E-state index contributed by atoms with van der Waals surface area (Å²) in [6.45, 7) is -0.0884. The number of nitrogens with zero attached hydrogens (tertiary/aromatic N) is 2. The smallest absolute Gasteiger partial charge is 0.267 e. The molecule has 0 aliphatic carbocycles. The third-order valence-corrected chi connectivity index (χ3v) is 3.58. The lowest BCUT2D eigenvalue weighted by Gasteiger charge is -2.23. The van der Waals surface area contributed by atoms with Gasteiger partial charge in [0.15, 0.2) is 6.61 Å². The van der Waals surface area contributed by atoms with E-state index in [9.17, 15) is 4.79 Å². The van der Waals surface area contributed by atoms with Gasteiger partial charge in [-0.2, -0.15) is 0 Å². The predicted octanol–water partition coefficient (Wildman–Crippen LogP) is 3.09. The topological polar surface area (TPSA) is 41.9 Å². The highest BCUT2D eigenvalue weighted by Crippen LogP contribution is 2.28. The summed E-state index contributed by atoms with van der Waals surface area (Å²) in [6, 6.07) is 15.0. The fourth-order valence-electron chi connectivity index (χ4n) is 2.23. The molecule has 0 fully saturated rings. The zero-order valence-corrected chi connectivity index (χ0v) is 12.2. The minimum Gasteiger partial charge on any atom is -0.385 e. The molecule has 1 aliphatic rings. The summed E-state index contributed by atoms with van der Waals surface area (Å²) in [5, 5.41) is 4.71. The molecule has 2 aromatic rings. The van der Waals surface area contributed by atoms with Crippen molar-refractivity contribution in [2.75, 3.05) is 18.6 Å². The highest BCUT2D eigenvalue weighted by molar-refractivity contribution is 6.31. The van der Waals surface area contributed by atoms with E-state index in [-0.39, 0.29) is 12.5 Å². The third-order valence-electron chi connectivity index (χ3n) is 3.34. The zero-order valence-electron chi connectivity index (χ0n) is 11.4. The van der Waals surface area contributed by atoms with Gasteiger partial charge in [0.25, 0.3) is 5.91 Å². The summed E-state index contributed by atoms with van der Waals surface area (Å²) in [5.74, 6) is -0.158. The summed E-state index contributed by atoms with van der Waals surface area (Å²) in [6.07, 6.45) is 0. The number of carbonyl (C=O) groups is 1. The fraction of sp³-hybridized carbons (Fsp3) is 0.125. The van der Waals surface area contributed by atoms with E-state index in [2.05, 4.69) is 5.16 Å². The maximum Gasteiger partial charge on any atom is 0.267 e. The molecule has 1 aliphatic heterocycles.